The van der Waals surface area contributed by atoms with Gasteiger partial charge in [0.15, 0.2) is 0 Å². The maximum absolute atomic E-state index is 12.8. The zero-order valence-corrected chi connectivity index (χ0v) is 10.8. The molecule has 0 aliphatic heterocycles. The number of alkyl halides is 3. The van der Waals surface area contributed by atoms with E-state index in [1.54, 1.807) is 30.6 Å². The predicted octanol–water partition coefficient (Wildman–Crippen LogP) is 4.90. The minimum atomic E-state index is -4.46. The fourth-order valence-corrected chi connectivity index (χ4v) is 2.33. The lowest BCUT2D eigenvalue weighted by Crippen LogP contribution is -2.05. The van der Waals surface area contributed by atoms with Gasteiger partial charge in [-0.15, -0.1) is 0 Å². The van der Waals surface area contributed by atoms with Gasteiger partial charge in [-0.3, -0.25) is 4.98 Å². The molecule has 0 atom stereocenters. The van der Waals surface area contributed by atoms with Gasteiger partial charge in [0, 0.05) is 34.6 Å². The van der Waals surface area contributed by atoms with E-state index in [9.17, 15) is 13.2 Å². The first-order chi connectivity index (χ1) is 9.45. The SMILES string of the molecule is FC(F)(F)c1cc2cc(-c3ccncc3)[nH]c2cc1Cl. The number of benzene rings is 1. The van der Waals surface area contributed by atoms with Crippen LogP contribution in [-0.4, -0.2) is 9.97 Å². The summed E-state index contributed by atoms with van der Waals surface area (Å²) in [4.78, 5) is 6.95. The summed E-state index contributed by atoms with van der Waals surface area (Å²) in [6.07, 6.45) is -1.22. The van der Waals surface area contributed by atoms with Crippen molar-refractivity contribution in [2.24, 2.45) is 0 Å². The maximum atomic E-state index is 12.8. The van der Waals surface area contributed by atoms with E-state index >= 15 is 0 Å². The highest BCUT2D eigenvalue weighted by Crippen LogP contribution is 2.37. The molecule has 0 saturated carbocycles. The molecular weight excluding hydrogens is 289 g/mol. The minimum absolute atomic E-state index is 0.312. The van der Waals surface area contributed by atoms with Gasteiger partial charge in [-0.05, 0) is 30.3 Å². The molecule has 0 radical (unpaired) electrons. The Kier molecular flexibility index (Phi) is 2.94. The number of hydrogen-bond donors (Lipinski definition) is 1. The molecule has 2 aromatic heterocycles. The summed E-state index contributed by atoms with van der Waals surface area (Å²) in [7, 11) is 0. The smallest absolute Gasteiger partial charge is 0.354 e. The van der Waals surface area contributed by atoms with Crippen LogP contribution in [0.2, 0.25) is 5.02 Å². The lowest BCUT2D eigenvalue weighted by molar-refractivity contribution is -0.137. The molecule has 0 spiro atoms. The van der Waals surface area contributed by atoms with Gasteiger partial charge in [0.2, 0.25) is 0 Å². The number of H-pyrrole nitrogens is 1. The molecule has 3 aromatic rings. The molecule has 0 aliphatic rings. The highest BCUT2D eigenvalue weighted by Gasteiger charge is 2.33. The Bertz CT molecular complexity index is 763. The lowest BCUT2D eigenvalue weighted by atomic mass is 10.1. The Morgan fingerprint density at radius 3 is 2.40 bits per heavy atom. The van der Waals surface area contributed by atoms with Crippen LogP contribution in [0.3, 0.4) is 0 Å². The lowest BCUT2D eigenvalue weighted by Gasteiger charge is -2.08. The molecule has 1 aromatic carbocycles. The van der Waals surface area contributed by atoms with E-state index in [0.29, 0.717) is 10.9 Å². The number of aromatic amines is 1. The van der Waals surface area contributed by atoms with Crippen molar-refractivity contribution in [1.82, 2.24) is 9.97 Å². The van der Waals surface area contributed by atoms with Gasteiger partial charge in [0.1, 0.15) is 0 Å². The first-order valence-electron chi connectivity index (χ1n) is 5.75. The highest BCUT2D eigenvalue weighted by molar-refractivity contribution is 6.32. The van der Waals surface area contributed by atoms with Crippen molar-refractivity contribution in [3.63, 3.8) is 0 Å². The molecule has 1 N–H and O–H groups in total. The van der Waals surface area contributed by atoms with E-state index in [-0.39, 0.29) is 5.02 Å². The van der Waals surface area contributed by atoms with E-state index in [4.69, 9.17) is 11.6 Å². The number of hydrogen-bond acceptors (Lipinski definition) is 1. The Morgan fingerprint density at radius 1 is 1.05 bits per heavy atom. The highest BCUT2D eigenvalue weighted by atomic mass is 35.5. The summed E-state index contributed by atoms with van der Waals surface area (Å²) < 4.78 is 38.4. The van der Waals surface area contributed by atoms with E-state index < -0.39 is 11.7 Å². The Balaban J connectivity index is 2.17. The van der Waals surface area contributed by atoms with E-state index in [1.165, 1.54) is 6.07 Å². The van der Waals surface area contributed by atoms with Gasteiger partial charge in [0.25, 0.3) is 0 Å². The summed E-state index contributed by atoms with van der Waals surface area (Å²) >= 11 is 5.69. The topological polar surface area (TPSA) is 28.7 Å². The Labute approximate surface area is 117 Å². The first-order valence-corrected chi connectivity index (χ1v) is 6.13. The molecule has 0 aliphatic carbocycles. The standard InChI is InChI=1S/C14H8ClF3N2/c15-11-7-13-9(5-10(11)14(16,17)18)6-12(20-13)8-1-3-19-4-2-8/h1-7,20H. The number of nitrogens with one attached hydrogen (secondary N) is 1. The second-order valence-corrected chi connectivity index (χ2v) is 4.74. The largest absolute Gasteiger partial charge is 0.417 e. The molecule has 0 saturated heterocycles. The van der Waals surface area contributed by atoms with Gasteiger partial charge in [-0.2, -0.15) is 13.2 Å². The minimum Gasteiger partial charge on any atom is -0.354 e. The quantitative estimate of drug-likeness (QED) is 0.679. The summed E-state index contributed by atoms with van der Waals surface area (Å²) in [5.74, 6) is 0. The average Bonchev–Trinajstić information content (AvgIpc) is 2.80. The fourth-order valence-electron chi connectivity index (χ4n) is 2.06. The Hall–Kier alpha value is -2.01. The third-order valence-corrected chi connectivity index (χ3v) is 3.32. The van der Waals surface area contributed by atoms with Gasteiger partial charge in [-0.25, -0.2) is 0 Å². The number of pyridine rings is 1. The van der Waals surface area contributed by atoms with Crippen LogP contribution in [0.4, 0.5) is 13.2 Å². The third kappa shape index (κ3) is 2.25. The number of nitrogens with zero attached hydrogens (tertiary/aromatic N) is 1. The summed E-state index contributed by atoms with van der Waals surface area (Å²) in [6.45, 7) is 0. The monoisotopic (exact) mass is 296 g/mol. The van der Waals surface area contributed by atoms with Crippen molar-refractivity contribution in [2.75, 3.05) is 0 Å². The molecule has 20 heavy (non-hydrogen) atoms. The zero-order chi connectivity index (χ0) is 14.3. The second-order valence-electron chi connectivity index (χ2n) is 4.34. The molecule has 0 fully saturated rings. The van der Waals surface area contributed by atoms with Gasteiger partial charge >= 0.3 is 6.18 Å². The van der Waals surface area contributed by atoms with Crippen molar-refractivity contribution in [2.45, 2.75) is 6.18 Å². The molecule has 0 amide bonds. The van der Waals surface area contributed by atoms with Gasteiger partial charge in [-0.1, -0.05) is 11.6 Å². The second kappa shape index (κ2) is 4.52. The predicted molar refractivity (Wildman–Crippen MR) is 71.5 cm³/mol. The van der Waals surface area contributed by atoms with Crippen LogP contribution in [0.25, 0.3) is 22.2 Å². The van der Waals surface area contributed by atoms with Crippen LogP contribution < -0.4 is 0 Å². The van der Waals surface area contributed by atoms with Crippen LogP contribution in [0.1, 0.15) is 5.56 Å². The summed E-state index contributed by atoms with van der Waals surface area (Å²) in [5.41, 5.74) is 1.31. The molecule has 2 heterocycles. The van der Waals surface area contributed by atoms with Crippen LogP contribution in [-0.2, 0) is 6.18 Å². The van der Waals surface area contributed by atoms with Crippen molar-refractivity contribution in [1.29, 1.82) is 0 Å². The molecule has 102 valence electrons. The van der Waals surface area contributed by atoms with Crippen molar-refractivity contribution >= 4 is 22.5 Å². The van der Waals surface area contributed by atoms with Crippen molar-refractivity contribution in [3.05, 3.63) is 53.3 Å². The third-order valence-electron chi connectivity index (χ3n) is 3.01. The van der Waals surface area contributed by atoms with Crippen LogP contribution >= 0.6 is 11.6 Å². The number of aromatic nitrogens is 2. The van der Waals surface area contributed by atoms with Gasteiger partial charge in [0.05, 0.1) is 10.6 Å². The number of halogens is 4. The van der Waals surface area contributed by atoms with E-state index in [0.717, 1.165) is 17.3 Å². The van der Waals surface area contributed by atoms with Gasteiger partial charge < -0.3 is 4.98 Å². The van der Waals surface area contributed by atoms with Crippen LogP contribution in [0.15, 0.2) is 42.7 Å². The zero-order valence-electron chi connectivity index (χ0n) is 10.0. The van der Waals surface area contributed by atoms with E-state index in [2.05, 4.69) is 9.97 Å². The van der Waals surface area contributed by atoms with Crippen LogP contribution in [0.5, 0.6) is 0 Å². The average molecular weight is 297 g/mol. The molecule has 0 bridgehead atoms. The molecule has 3 rings (SSSR count). The van der Waals surface area contributed by atoms with Crippen LogP contribution in [0, 0.1) is 0 Å². The molecular formula is C14H8ClF3N2. The maximum Gasteiger partial charge on any atom is 0.417 e. The number of fused-ring (bicyclic) bond motifs is 1. The van der Waals surface area contributed by atoms with E-state index in [1.807, 2.05) is 0 Å². The van der Waals surface area contributed by atoms with Crippen molar-refractivity contribution in [3.8, 4) is 11.3 Å². The fraction of sp³-hybridized carbons (Fsp3) is 0.0714. The normalized spacial score (nSPS) is 12.0. The Morgan fingerprint density at radius 2 is 1.75 bits per heavy atom. The van der Waals surface area contributed by atoms with Crippen molar-refractivity contribution < 1.29 is 13.2 Å². The summed E-state index contributed by atoms with van der Waals surface area (Å²) in [6, 6.07) is 7.56. The molecule has 6 heteroatoms. The summed E-state index contributed by atoms with van der Waals surface area (Å²) in [5, 5.41) is 0.154. The first kappa shape index (κ1) is 13.0. The molecule has 2 nitrogen and oxygen atoms in total. The molecule has 0 unspecified atom stereocenters. The number of rotatable bonds is 1.